The lowest BCUT2D eigenvalue weighted by molar-refractivity contribution is 0.291. The van der Waals surface area contributed by atoms with Gasteiger partial charge in [0.05, 0.1) is 7.11 Å². The molecule has 21 heavy (non-hydrogen) atoms. The third kappa shape index (κ3) is 46.2. The summed E-state index contributed by atoms with van der Waals surface area (Å²) in [4.78, 5) is 7.48. The van der Waals surface area contributed by atoms with Crippen LogP contribution in [0.3, 0.4) is 0 Å². The second kappa shape index (κ2) is 23.0. The van der Waals surface area contributed by atoms with E-state index < -0.39 is 0 Å². The lowest BCUT2D eigenvalue weighted by Gasteiger charge is -1.93. The summed E-state index contributed by atoms with van der Waals surface area (Å²) >= 11 is 0. The molecule has 0 radical (unpaired) electrons. The number of methoxy groups -OCH3 is 1. The Hall–Kier alpha value is -2.10. The molecule has 4 nitrogen and oxygen atoms in total. The van der Waals surface area contributed by atoms with Crippen LogP contribution in [0.5, 0.6) is 0 Å². The Kier molecular flexibility index (Phi) is 29.9. The van der Waals surface area contributed by atoms with Crippen molar-refractivity contribution in [1.29, 1.82) is 0 Å². The lowest BCUT2D eigenvalue weighted by Crippen LogP contribution is -1.90. The zero-order chi connectivity index (χ0) is 17.8. The first-order chi connectivity index (χ1) is 9.79. The number of hydrogen-bond acceptors (Lipinski definition) is 4. The molecule has 0 spiro atoms. The normalized spacial score (nSPS) is 8.33. The van der Waals surface area contributed by atoms with Gasteiger partial charge in [-0.25, -0.2) is 9.98 Å². The molecule has 4 heteroatoms. The number of nitrogens with two attached hydrogens (primary N) is 1. The van der Waals surface area contributed by atoms with Crippen LogP contribution in [0.15, 0.2) is 59.2 Å². The van der Waals surface area contributed by atoms with Crippen LogP contribution in [-0.4, -0.2) is 19.5 Å². The Bertz CT molecular complexity index is 337. The molecule has 0 saturated carbocycles. The van der Waals surface area contributed by atoms with Gasteiger partial charge >= 0.3 is 0 Å². The van der Waals surface area contributed by atoms with Crippen LogP contribution in [-0.2, 0) is 4.74 Å². The maximum absolute atomic E-state index is 5.11. The molecule has 0 aliphatic rings. The molecular weight excluding hydrogens is 262 g/mol. The van der Waals surface area contributed by atoms with Crippen molar-refractivity contribution in [3.05, 3.63) is 49.2 Å². The highest BCUT2D eigenvalue weighted by Crippen LogP contribution is 1.91. The fourth-order valence-corrected chi connectivity index (χ4v) is 0.428. The van der Waals surface area contributed by atoms with Crippen molar-refractivity contribution in [1.82, 2.24) is 0 Å². The Morgan fingerprint density at radius 1 is 0.857 bits per heavy atom. The van der Waals surface area contributed by atoms with Crippen LogP contribution in [0.25, 0.3) is 0 Å². The van der Waals surface area contributed by atoms with E-state index >= 15 is 0 Å². The van der Waals surface area contributed by atoms with Gasteiger partial charge in [-0.15, -0.1) is 0 Å². The minimum atomic E-state index is 0.313. The molecule has 2 N–H and O–H groups in total. The van der Waals surface area contributed by atoms with Crippen LogP contribution >= 0.6 is 0 Å². The standard InChI is InChI=1S/C7H11NO.C6H10N2.2C2H6/c1-6(2)5-8-7(3)9-4;1-5(2)4-8-6(3)7;2*1-2/h5H,1,3H2,2,4H3;4H,1,3,7H2,2H3;2*1-2H3/b8-5-;8-4-;;. The lowest BCUT2D eigenvalue weighted by atomic mass is 10.4. The predicted molar refractivity (Wildman–Crippen MR) is 98.8 cm³/mol. The van der Waals surface area contributed by atoms with Crippen molar-refractivity contribution in [2.24, 2.45) is 15.7 Å². The Balaban J connectivity index is -0.000000111. The van der Waals surface area contributed by atoms with Crippen molar-refractivity contribution in [2.45, 2.75) is 41.5 Å². The molecule has 0 aromatic heterocycles. The van der Waals surface area contributed by atoms with Gasteiger partial charge in [-0.05, 0) is 31.6 Å². The van der Waals surface area contributed by atoms with E-state index in [2.05, 4.69) is 41.0 Å². The quantitative estimate of drug-likeness (QED) is 0.581. The molecule has 0 unspecified atom stereocenters. The van der Waals surface area contributed by atoms with Crippen LogP contribution < -0.4 is 5.73 Å². The number of allylic oxidation sites excluding steroid dienone is 2. The molecule has 0 aliphatic carbocycles. The van der Waals surface area contributed by atoms with Crippen LogP contribution in [0.1, 0.15) is 41.5 Å². The SMILES string of the molecule is C=C(C)/C=N\C(=C)N.C=C(C)/C=N\C(=C)OC.CC.CC. The molecule has 0 bridgehead atoms. The largest absolute Gasteiger partial charge is 0.481 e. The Morgan fingerprint density at radius 3 is 1.38 bits per heavy atom. The molecule has 0 heterocycles. The van der Waals surface area contributed by atoms with Crippen molar-refractivity contribution in [3.8, 4) is 0 Å². The van der Waals surface area contributed by atoms with Gasteiger partial charge in [0, 0.05) is 12.4 Å². The fourth-order valence-electron chi connectivity index (χ4n) is 0.428. The predicted octanol–water partition coefficient (Wildman–Crippen LogP) is 4.87. The molecule has 0 rings (SSSR count). The van der Waals surface area contributed by atoms with E-state index in [0.29, 0.717) is 11.7 Å². The minimum Gasteiger partial charge on any atom is -0.481 e. The maximum Gasteiger partial charge on any atom is 0.205 e. The van der Waals surface area contributed by atoms with E-state index in [1.807, 2.05) is 41.5 Å². The Labute approximate surface area is 131 Å². The van der Waals surface area contributed by atoms with E-state index in [1.165, 1.54) is 7.11 Å². The summed E-state index contributed by atoms with van der Waals surface area (Å²) in [5.41, 5.74) is 6.86. The van der Waals surface area contributed by atoms with E-state index in [0.717, 1.165) is 11.1 Å². The monoisotopic (exact) mass is 295 g/mol. The fraction of sp³-hybridized carbons (Fsp3) is 0.412. The number of hydrogen-bond donors (Lipinski definition) is 1. The van der Waals surface area contributed by atoms with Crippen LogP contribution in [0.4, 0.5) is 0 Å². The molecule has 0 aromatic rings. The van der Waals surface area contributed by atoms with E-state index in [4.69, 9.17) is 5.73 Å². The number of rotatable bonds is 5. The van der Waals surface area contributed by atoms with Gasteiger partial charge in [0.15, 0.2) is 0 Å². The minimum absolute atomic E-state index is 0.313. The summed E-state index contributed by atoms with van der Waals surface area (Å²) in [5, 5.41) is 0. The van der Waals surface area contributed by atoms with E-state index in [1.54, 1.807) is 12.4 Å². The Morgan fingerprint density at radius 2 is 1.19 bits per heavy atom. The molecule has 0 aliphatic heterocycles. The van der Waals surface area contributed by atoms with E-state index in [9.17, 15) is 0 Å². The summed E-state index contributed by atoms with van der Waals surface area (Å²) in [6.07, 6.45) is 3.17. The van der Waals surface area contributed by atoms with Gasteiger partial charge in [0.2, 0.25) is 5.88 Å². The summed E-state index contributed by atoms with van der Waals surface area (Å²) in [7, 11) is 1.53. The topological polar surface area (TPSA) is 60.0 Å². The van der Waals surface area contributed by atoms with E-state index in [-0.39, 0.29) is 0 Å². The first-order valence-corrected chi connectivity index (χ1v) is 6.86. The number of nitrogens with zero attached hydrogens (tertiary/aromatic N) is 2. The number of aliphatic imine (C=N–C) groups is 2. The first-order valence-electron chi connectivity index (χ1n) is 6.86. The molecule has 0 atom stereocenters. The van der Waals surface area contributed by atoms with Crippen molar-refractivity contribution in [2.75, 3.05) is 7.11 Å². The van der Waals surface area contributed by atoms with Gasteiger partial charge in [-0.2, -0.15) is 0 Å². The van der Waals surface area contributed by atoms with Crippen LogP contribution in [0.2, 0.25) is 0 Å². The summed E-state index contributed by atoms with van der Waals surface area (Å²) in [5.74, 6) is 0.714. The summed E-state index contributed by atoms with van der Waals surface area (Å²) in [6, 6.07) is 0. The van der Waals surface area contributed by atoms with Gasteiger partial charge < -0.3 is 10.5 Å². The highest BCUT2D eigenvalue weighted by atomic mass is 16.5. The second-order valence-electron chi connectivity index (χ2n) is 3.30. The maximum atomic E-state index is 5.11. The van der Waals surface area contributed by atoms with Crippen molar-refractivity contribution >= 4 is 12.4 Å². The van der Waals surface area contributed by atoms with Crippen molar-refractivity contribution < 1.29 is 4.74 Å². The molecule has 0 aromatic carbocycles. The molecule has 122 valence electrons. The van der Waals surface area contributed by atoms with Crippen LogP contribution in [0, 0.1) is 0 Å². The van der Waals surface area contributed by atoms with Gasteiger partial charge in [-0.1, -0.05) is 47.4 Å². The molecule has 0 amide bonds. The highest BCUT2D eigenvalue weighted by molar-refractivity contribution is 5.77. The van der Waals surface area contributed by atoms with Gasteiger partial charge in [0.1, 0.15) is 5.82 Å². The van der Waals surface area contributed by atoms with Crippen molar-refractivity contribution in [3.63, 3.8) is 0 Å². The average molecular weight is 295 g/mol. The smallest absolute Gasteiger partial charge is 0.205 e. The summed E-state index contributed by atoms with van der Waals surface area (Å²) in [6.45, 7) is 25.7. The zero-order valence-electron chi connectivity index (χ0n) is 14.9. The average Bonchev–Trinajstić information content (AvgIpc) is 2.47. The third-order valence-corrected chi connectivity index (χ3v) is 1.12. The highest BCUT2D eigenvalue weighted by Gasteiger charge is 1.80. The van der Waals surface area contributed by atoms with Gasteiger partial charge in [-0.3, -0.25) is 0 Å². The molecular formula is C17H33N3O. The third-order valence-electron chi connectivity index (χ3n) is 1.12. The molecule has 0 fully saturated rings. The number of ether oxygens (including phenoxy) is 1. The molecule has 0 saturated heterocycles. The zero-order valence-corrected chi connectivity index (χ0v) is 14.9. The summed E-state index contributed by atoms with van der Waals surface area (Å²) < 4.78 is 4.67. The first kappa shape index (κ1) is 27.3. The van der Waals surface area contributed by atoms with Gasteiger partial charge in [0.25, 0.3) is 0 Å². The second-order valence-corrected chi connectivity index (χ2v) is 3.30.